The lowest BCUT2D eigenvalue weighted by Crippen LogP contribution is -2.16. The second kappa shape index (κ2) is 6.30. The fraction of sp³-hybridized carbons (Fsp3) is 0.278. The van der Waals surface area contributed by atoms with Crippen LogP contribution in [0.1, 0.15) is 24.2 Å². The maximum absolute atomic E-state index is 12.3. The van der Waals surface area contributed by atoms with Gasteiger partial charge in [-0.3, -0.25) is 0 Å². The van der Waals surface area contributed by atoms with E-state index in [-0.39, 0.29) is 18.7 Å². The Bertz CT molecular complexity index is 853. The van der Waals surface area contributed by atoms with Crippen molar-refractivity contribution in [3.05, 3.63) is 48.2 Å². The van der Waals surface area contributed by atoms with E-state index in [1.54, 1.807) is 19.9 Å². The Morgan fingerprint density at radius 2 is 2.09 bits per heavy atom. The minimum absolute atomic E-state index is 0.0545. The molecule has 0 aliphatic rings. The summed E-state index contributed by atoms with van der Waals surface area (Å²) in [5.74, 6) is 0.321. The first-order valence-corrected chi connectivity index (χ1v) is 7.63. The molecule has 0 spiro atoms. The van der Waals surface area contributed by atoms with Crippen LogP contribution < -0.4 is 4.74 Å². The Balaban J connectivity index is 2.20. The van der Waals surface area contributed by atoms with E-state index in [1.807, 2.05) is 40.9 Å². The average Bonchev–Trinajstić information content (AvgIpc) is 2.89. The number of carbonyl (C=O) groups is 1. The summed E-state index contributed by atoms with van der Waals surface area (Å²) >= 11 is 0. The maximum Gasteiger partial charge on any atom is 0.340 e. The van der Waals surface area contributed by atoms with Crippen LogP contribution in [-0.2, 0) is 4.74 Å². The van der Waals surface area contributed by atoms with Gasteiger partial charge in [0, 0.05) is 17.6 Å². The van der Waals surface area contributed by atoms with Crippen LogP contribution in [0.15, 0.2) is 42.6 Å². The molecule has 2 heterocycles. The van der Waals surface area contributed by atoms with E-state index >= 15 is 0 Å². The van der Waals surface area contributed by atoms with Gasteiger partial charge in [0.05, 0.1) is 29.8 Å². The third-order valence-electron chi connectivity index (χ3n) is 3.69. The summed E-state index contributed by atoms with van der Waals surface area (Å²) < 4.78 is 12.8. The SMILES string of the molecule is CCOC(=O)c1c2ccc(OC(C)CO)cc2n2ccccc12. The van der Waals surface area contributed by atoms with E-state index in [2.05, 4.69) is 0 Å². The van der Waals surface area contributed by atoms with E-state index in [1.165, 1.54) is 0 Å². The molecule has 23 heavy (non-hydrogen) atoms. The average molecular weight is 313 g/mol. The van der Waals surface area contributed by atoms with Crippen molar-refractivity contribution in [2.24, 2.45) is 0 Å². The molecule has 1 unspecified atom stereocenters. The van der Waals surface area contributed by atoms with Gasteiger partial charge in [-0.1, -0.05) is 6.07 Å². The molecule has 0 aliphatic heterocycles. The first-order valence-electron chi connectivity index (χ1n) is 7.63. The van der Waals surface area contributed by atoms with Gasteiger partial charge in [-0.05, 0) is 38.1 Å². The monoisotopic (exact) mass is 313 g/mol. The van der Waals surface area contributed by atoms with Gasteiger partial charge in [-0.15, -0.1) is 0 Å². The lowest BCUT2D eigenvalue weighted by Gasteiger charge is -2.11. The predicted octanol–water partition coefficient (Wildman–Crippen LogP) is 3.03. The van der Waals surface area contributed by atoms with E-state index in [4.69, 9.17) is 14.6 Å². The molecule has 0 amide bonds. The zero-order chi connectivity index (χ0) is 16.4. The van der Waals surface area contributed by atoms with Crippen LogP contribution in [-0.4, -0.2) is 34.8 Å². The molecule has 1 atom stereocenters. The minimum atomic E-state index is -0.330. The number of aliphatic hydroxyl groups is 1. The number of hydrogen-bond acceptors (Lipinski definition) is 4. The quantitative estimate of drug-likeness (QED) is 0.736. The van der Waals surface area contributed by atoms with Crippen molar-refractivity contribution in [2.45, 2.75) is 20.0 Å². The Hall–Kier alpha value is -2.53. The van der Waals surface area contributed by atoms with Gasteiger partial charge in [-0.2, -0.15) is 0 Å². The van der Waals surface area contributed by atoms with Crippen LogP contribution in [0.25, 0.3) is 16.4 Å². The molecular weight excluding hydrogens is 294 g/mol. The van der Waals surface area contributed by atoms with Crippen molar-refractivity contribution >= 4 is 22.4 Å². The Kier molecular flexibility index (Phi) is 4.21. The van der Waals surface area contributed by atoms with Crippen LogP contribution >= 0.6 is 0 Å². The van der Waals surface area contributed by atoms with Crippen LogP contribution in [0.5, 0.6) is 5.75 Å². The molecule has 1 N–H and O–H groups in total. The van der Waals surface area contributed by atoms with Gasteiger partial charge in [0.2, 0.25) is 0 Å². The van der Waals surface area contributed by atoms with Gasteiger partial charge in [-0.25, -0.2) is 4.79 Å². The Morgan fingerprint density at radius 1 is 1.26 bits per heavy atom. The fourth-order valence-electron chi connectivity index (χ4n) is 2.68. The number of carbonyl (C=O) groups excluding carboxylic acids is 1. The summed E-state index contributed by atoms with van der Waals surface area (Å²) in [4.78, 5) is 12.3. The largest absolute Gasteiger partial charge is 0.488 e. The van der Waals surface area contributed by atoms with Crippen molar-refractivity contribution in [3.63, 3.8) is 0 Å². The lowest BCUT2D eigenvalue weighted by molar-refractivity contribution is 0.0531. The highest BCUT2D eigenvalue weighted by atomic mass is 16.5. The number of aromatic nitrogens is 1. The Labute approximate surface area is 134 Å². The van der Waals surface area contributed by atoms with E-state index in [0.29, 0.717) is 17.9 Å². The molecule has 5 heteroatoms. The normalized spacial score (nSPS) is 12.5. The second-order valence-electron chi connectivity index (χ2n) is 5.34. The highest BCUT2D eigenvalue weighted by Crippen LogP contribution is 2.30. The zero-order valence-electron chi connectivity index (χ0n) is 13.2. The number of pyridine rings is 1. The number of fused-ring (bicyclic) bond motifs is 3. The molecule has 3 aromatic rings. The number of hydrogen-bond donors (Lipinski definition) is 1. The molecule has 0 saturated carbocycles. The third kappa shape index (κ3) is 2.75. The molecular formula is C18H19NO4. The number of esters is 1. The first-order chi connectivity index (χ1) is 11.2. The maximum atomic E-state index is 12.3. The van der Waals surface area contributed by atoms with Gasteiger partial charge in [0.15, 0.2) is 0 Å². The standard InChI is InChI=1S/C18H19NO4/c1-3-22-18(21)17-14-8-7-13(23-12(2)11-20)10-16(14)19-9-5-4-6-15(17)19/h4-10,12,20H,3,11H2,1-2H3. The van der Waals surface area contributed by atoms with Gasteiger partial charge >= 0.3 is 5.97 Å². The lowest BCUT2D eigenvalue weighted by atomic mass is 10.1. The predicted molar refractivity (Wildman–Crippen MR) is 88.0 cm³/mol. The molecule has 2 aromatic heterocycles. The number of rotatable bonds is 5. The molecule has 5 nitrogen and oxygen atoms in total. The highest BCUT2D eigenvalue weighted by molar-refractivity contribution is 6.11. The van der Waals surface area contributed by atoms with E-state index < -0.39 is 0 Å². The molecule has 0 fully saturated rings. The number of nitrogens with zero attached hydrogens (tertiary/aromatic N) is 1. The summed E-state index contributed by atoms with van der Waals surface area (Å²) in [6.07, 6.45) is 1.61. The van der Waals surface area contributed by atoms with E-state index in [0.717, 1.165) is 16.4 Å². The third-order valence-corrected chi connectivity index (χ3v) is 3.69. The summed E-state index contributed by atoms with van der Waals surface area (Å²) in [5, 5.41) is 9.94. The van der Waals surface area contributed by atoms with Gasteiger partial charge < -0.3 is 19.0 Å². The van der Waals surface area contributed by atoms with Crippen molar-refractivity contribution in [1.82, 2.24) is 4.40 Å². The van der Waals surface area contributed by atoms with Gasteiger partial charge in [0.25, 0.3) is 0 Å². The van der Waals surface area contributed by atoms with Crippen molar-refractivity contribution in [3.8, 4) is 5.75 Å². The summed E-state index contributed by atoms with van der Waals surface area (Å²) in [6.45, 7) is 3.87. The van der Waals surface area contributed by atoms with Crippen LogP contribution in [0.3, 0.4) is 0 Å². The van der Waals surface area contributed by atoms with Crippen molar-refractivity contribution in [2.75, 3.05) is 13.2 Å². The molecule has 0 radical (unpaired) electrons. The fourth-order valence-corrected chi connectivity index (χ4v) is 2.68. The van der Waals surface area contributed by atoms with Crippen LogP contribution in [0.4, 0.5) is 0 Å². The van der Waals surface area contributed by atoms with Crippen molar-refractivity contribution < 1.29 is 19.4 Å². The first kappa shape index (κ1) is 15.4. The molecule has 0 aliphatic carbocycles. The summed E-state index contributed by atoms with van der Waals surface area (Å²) in [7, 11) is 0. The molecule has 0 bridgehead atoms. The van der Waals surface area contributed by atoms with Gasteiger partial charge in [0.1, 0.15) is 11.9 Å². The summed E-state index contributed by atoms with van der Waals surface area (Å²) in [5.41, 5.74) is 2.23. The zero-order valence-corrected chi connectivity index (χ0v) is 13.2. The second-order valence-corrected chi connectivity index (χ2v) is 5.34. The number of ether oxygens (including phenoxy) is 2. The molecule has 3 rings (SSSR count). The molecule has 0 saturated heterocycles. The topological polar surface area (TPSA) is 60.2 Å². The van der Waals surface area contributed by atoms with E-state index in [9.17, 15) is 4.79 Å². The minimum Gasteiger partial charge on any atom is -0.488 e. The smallest absolute Gasteiger partial charge is 0.340 e. The highest BCUT2D eigenvalue weighted by Gasteiger charge is 2.19. The molecule has 1 aromatic carbocycles. The molecule has 120 valence electrons. The number of aliphatic hydroxyl groups excluding tert-OH is 1. The summed E-state index contributed by atoms with van der Waals surface area (Å²) in [6, 6.07) is 11.2. The van der Waals surface area contributed by atoms with Crippen molar-refractivity contribution in [1.29, 1.82) is 0 Å². The Morgan fingerprint density at radius 3 is 2.83 bits per heavy atom. The number of benzene rings is 1. The van der Waals surface area contributed by atoms with Crippen LogP contribution in [0.2, 0.25) is 0 Å². The van der Waals surface area contributed by atoms with Crippen LogP contribution in [0, 0.1) is 0 Å².